The second-order valence-corrected chi connectivity index (χ2v) is 7.39. The normalized spacial score (nSPS) is 10.8. The molecule has 0 fully saturated rings. The molecule has 0 saturated heterocycles. The molecule has 0 saturated carbocycles. The molecule has 9 heteroatoms. The third-order valence-electron chi connectivity index (χ3n) is 4.15. The molecule has 0 spiro atoms. The van der Waals surface area contributed by atoms with Crippen LogP contribution < -0.4 is 11.1 Å². The molecule has 0 aliphatic rings. The van der Waals surface area contributed by atoms with E-state index in [-0.39, 0.29) is 17.5 Å². The number of nitrogens with zero attached hydrogens (tertiary/aromatic N) is 2. The van der Waals surface area contributed by atoms with Crippen LogP contribution in [0.25, 0.3) is 11.4 Å². The van der Waals surface area contributed by atoms with Crippen LogP contribution in [0.5, 0.6) is 0 Å². The number of aromatic amines is 1. The first-order valence-electron chi connectivity index (χ1n) is 8.66. The van der Waals surface area contributed by atoms with Crippen LogP contribution in [0.1, 0.15) is 25.9 Å². The second kappa shape index (κ2) is 7.80. The first kappa shape index (κ1) is 18.8. The Morgan fingerprint density at radius 3 is 2.76 bits per heavy atom. The average Bonchev–Trinajstić information content (AvgIpc) is 3.29. The Balaban J connectivity index is 1.51. The predicted octanol–water partition coefficient (Wildman–Crippen LogP) is 3.78. The third-order valence-corrected chi connectivity index (χ3v) is 5.31. The maximum Gasteiger partial charge on any atom is 0.439 e. The first-order valence-corrected chi connectivity index (χ1v) is 9.48. The van der Waals surface area contributed by atoms with Gasteiger partial charge in [0.2, 0.25) is 0 Å². The lowest BCUT2D eigenvalue weighted by atomic mass is 10.1. The molecule has 29 heavy (non-hydrogen) atoms. The van der Waals surface area contributed by atoms with Gasteiger partial charge in [0.05, 0.1) is 10.7 Å². The molecule has 2 heterocycles. The number of H-pyrrole nitrogens is 1. The van der Waals surface area contributed by atoms with Gasteiger partial charge in [-0.15, -0.1) is 11.3 Å². The number of rotatable bonds is 5. The SMILES string of the molecule is Cc1nc(Cc2ccc(F)cc2)sc1C(=O)Nc1cccc(-c2noc(=O)[nH]2)c1. The number of carbonyl (C=O) groups is 1. The highest BCUT2D eigenvalue weighted by Crippen LogP contribution is 2.24. The Bertz CT molecular complexity index is 1230. The van der Waals surface area contributed by atoms with Crippen LogP contribution in [0, 0.1) is 12.7 Å². The standard InChI is InChI=1S/C20H15FN4O3S/c1-11-17(29-16(22-11)9-12-5-7-14(21)8-6-12)19(26)23-15-4-2-3-13(10-15)18-24-20(27)28-25-18/h2-8,10H,9H2,1H3,(H,23,26)(H,24,25,27). The van der Waals surface area contributed by atoms with Crippen molar-refractivity contribution in [2.75, 3.05) is 5.32 Å². The number of thiazole rings is 1. The molecule has 0 aliphatic carbocycles. The number of nitrogens with one attached hydrogen (secondary N) is 2. The Kier molecular flexibility index (Phi) is 5.05. The van der Waals surface area contributed by atoms with Gasteiger partial charge in [-0.3, -0.25) is 14.3 Å². The van der Waals surface area contributed by atoms with Gasteiger partial charge in [-0.2, -0.15) is 0 Å². The van der Waals surface area contributed by atoms with Crippen molar-refractivity contribution in [2.24, 2.45) is 0 Å². The summed E-state index contributed by atoms with van der Waals surface area (Å²) in [5.74, 6) is -0.942. The minimum atomic E-state index is -0.650. The molecular formula is C20H15FN4O3S. The van der Waals surface area contributed by atoms with E-state index in [0.29, 0.717) is 28.2 Å². The van der Waals surface area contributed by atoms with Crippen molar-refractivity contribution < 1.29 is 13.7 Å². The van der Waals surface area contributed by atoms with Crippen LogP contribution in [0.2, 0.25) is 0 Å². The van der Waals surface area contributed by atoms with Crippen molar-refractivity contribution in [3.05, 3.63) is 86.0 Å². The van der Waals surface area contributed by atoms with Crippen LogP contribution in [-0.2, 0) is 6.42 Å². The van der Waals surface area contributed by atoms with Gasteiger partial charge in [0.1, 0.15) is 10.7 Å². The highest BCUT2D eigenvalue weighted by Gasteiger charge is 2.16. The topological polar surface area (TPSA) is 101 Å². The smallest absolute Gasteiger partial charge is 0.321 e. The van der Waals surface area contributed by atoms with Gasteiger partial charge in [-0.25, -0.2) is 14.2 Å². The van der Waals surface area contributed by atoms with Crippen molar-refractivity contribution in [2.45, 2.75) is 13.3 Å². The Labute approximate surface area is 168 Å². The summed E-state index contributed by atoms with van der Waals surface area (Å²) in [6, 6.07) is 13.1. The molecule has 0 atom stereocenters. The van der Waals surface area contributed by atoms with E-state index in [4.69, 9.17) is 0 Å². The molecular weight excluding hydrogens is 395 g/mol. The van der Waals surface area contributed by atoms with E-state index in [0.717, 1.165) is 10.6 Å². The summed E-state index contributed by atoms with van der Waals surface area (Å²) >= 11 is 1.30. The maximum absolute atomic E-state index is 13.1. The van der Waals surface area contributed by atoms with E-state index in [9.17, 15) is 14.0 Å². The van der Waals surface area contributed by atoms with Crippen LogP contribution >= 0.6 is 11.3 Å². The van der Waals surface area contributed by atoms with E-state index in [1.165, 1.54) is 23.5 Å². The molecule has 0 unspecified atom stereocenters. The minimum absolute atomic E-state index is 0.279. The maximum atomic E-state index is 13.1. The molecule has 1 amide bonds. The quantitative estimate of drug-likeness (QED) is 0.521. The van der Waals surface area contributed by atoms with Crippen LogP contribution in [-0.4, -0.2) is 21.0 Å². The predicted molar refractivity (Wildman–Crippen MR) is 107 cm³/mol. The van der Waals surface area contributed by atoms with Gasteiger partial charge >= 0.3 is 5.76 Å². The molecule has 7 nitrogen and oxygen atoms in total. The summed E-state index contributed by atoms with van der Waals surface area (Å²) in [7, 11) is 0. The zero-order valence-electron chi connectivity index (χ0n) is 15.2. The van der Waals surface area contributed by atoms with E-state index >= 15 is 0 Å². The van der Waals surface area contributed by atoms with E-state index in [2.05, 4.69) is 25.0 Å². The fourth-order valence-electron chi connectivity index (χ4n) is 2.80. The number of benzene rings is 2. The van der Waals surface area contributed by atoms with Crippen molar-refractivity contribution in [3.8, 4) is 11.4 Å². The molecule has 0 aliphatic heterocycles. The molecule has 4 aromatic rings. The second-order valence-electron chi connectivity index (χ2n) is 6.30. The summed E-state index contributed by atoms with van der Waals surface area (Å²) in [5.41, 5.74) is 2.69. The van der Waals surface area contributed by atoms with Gasteiger partial charge < -0.3 is 5.32 Å². The van der Waals surface area contributed by atoms with Crippen LogP contribution in [0.15, 0.2) is 57.8 Å². The van der Waals surface area contributed by atoms with Gasteiger partial charge in [-0.05, 0) is 36.8 Å². The van der Waals surface area contributed by atoms with Crippen molar-refractivity contribution >= 4 is 22.9 Å². The molecule has 2 aromatic heterocycles. The molecule has 2 aromatic carbocycles. The Morgan fingerprint density at radius 2 is 2.03 bits per heavy atom. The van der Waals surface area contributed by atoms with Crippen LogP contribution in [0.3, 0.4) is 0 Å². The lowest BCUT2D eigenvalue weighted by Crippen LogP contribution is -2.11. The van der Waals surface area contributed by atoms with Crippen molar-refractivity contribution in [3.63, 3.8) is 0 Å². The van der Waals surface area contributed by atoms with Gasteiger partial charge in [0, 0.05) is 17.7 Å². The Morgan fingerprint density at radius 1 is 1.24 bits per heavy atom. The summed E-state index contributed by atoms with van der Waals surface area (Å²) in [5, 5.41) is 7.24. The number of halogens is 1. The molecule has 0 bridgehead atoms. The molecule has 146 valence electrons. The lowest BCUT2D eigenvalue weighted by molar-refractivity contribution is 0.103. The summed E-state index contributed by atoms with van der Waals surface area (Å²) in [6.45, 7) is 1.77. The summed E-state index contributed by atoms with van der Waals surface area (Å²) in [4.78, 5) is 31.3. The monoisotopic (exact) mass is 410 g/mol. The van der Waals surface area contributed by atoms with E-state index in [1.54, 1.807) is 43.3 Å². The van der Waals surface area contributed by atoms with E-state index in [1.807, 2.05) is 0 Å². The highest BCUT2D eigenvalue weighted by atomic mass is 32.1. The van der Waals surface area contributed by atoms with Gasteiger partial charge in [-0.1, -0.05) is 29.4 Å². The number of aromatic nitrogens is 3. The largest absolute Gasteiger partial charge is 0.439 e. The zero-order chi connectivity index (χ0) is 20.4. The van der Waals surface area contributed by atoms with Gasteiger partial charge in [0.15, 0.2) is 5.82 Å². The first-order chi connectivity index (χ1) is 14.0. The number of amides is 1. The highest BCUT2D eigenvalue weighted by molar-refractivity contribution is 7.14. The number of carbonyl (C=O) groups excluding carboxylic acids is 1. The lowest BCUT2D eigenvalue weighted by Gasteiger charge is -2.05. The summed E-state index contributed by atoms with van der Waals surface area (Å²) < 4.78 is 17.6. The zero-order valence-corrected chi connectivity index (χ0v) is 16.0. The minimum Gasteiger partial charge on any atom is -0.321 e. The average molecular weight is 410 g/mol. The number of hydrogen-bond acceptors (Lipinski definition) is 6. The fourth-order valence-corrected chi connectivity index (χ4v) is 3.80. The molecule has 4 rings (SSSR count). The third kappa shape index (κ3) is 4.30. The van der Waals surface area contributed by atoms with Crippen molar-refractivity contribution in [1.82, 2.24) is 15.1 Å². The molecule has 0 radical (unpaired) electrons. The van der Waals surface area contributed by atoms with Gasteiger partial charge in [0.25, 0.3) is 5.91 Å². The number of aryl methyl sites for hydroxylation is 1. The van der Waals surface area contributed by atoms with E-state index < -0.39 is 5.76 Å². The number of hydrogen-bond donors (Lipinski definition) is 2. The molecule has 2 N–H and O–H groups in total. The number of anilines is 1. The Hall–Kier alpha value is -3.59. The summed E-state index contributed by atoms with van der Waals surface area (Å²) in [6.07, 6.45) is 0.522. The van der Waals surface area contributed by atoms with Crippen LogP contribution in [0.4, 0.5) is 10.1 Å². The van der Waals surface area contributed by atoms with Crippen molar-refractivity contribution in [1.29, 1.82) is 0 Å². The fraction of sp³-hybridized carbons (Fsp3) is 0.100.